The van der Waals surface area contributed by atoms with Crippen LogP contribution in [0.15, 0.2) is 24.3 Å². The highest BCUT2D eigenvalue weighted by Gasteiger charge is 2.37. The summed E-state index contributed by atoms with van der Waals surface area (Å²) in [5, 5.41) is 27.3. The number of nitrogens with zero attached hydrogens (tertiary/aromatic N) is 1. The summed E-state index contributed by atoms with van der Waals surface area (Å²) >= 11 is 5.70. The van der Waals surface area contributed by atoms with Gasteiger partial charge >= 0.3 is 11.9 Å². The topological polar surface area (TPSA) is 98.4 Å². The molecule has 5 nitrogen and oxygen atoms in total. The maximum atomic E-state index is 10.8. The van der Waals surface area contributed by atoms with Gasteiger partial charge in [-0.1, -0.05) is 23.7 Å². The predicted octanol–water partition coefficient (Wildman–Crippen LogP) is 2.05. The first-order valence-corrected chi connectivity index (χ1v) is 5.38. The zero-order valence-electron chi connectivity index (χ0n) is 9.26. The van der Waals surface area contributed by atoms with Gasteiger partial charge in [-0.25, -0.2) is 0 Å². The van der Waals surface area contributed by atoms with Gasteiger partial charge in [0.2, 0.25) is 0 Å². The number of benzene rings is 1. The van der Waals surface area contributed by atoms with Gasteiger partial charge in [-0.2, -0.15) is 5.26 Å². The van der Waals surface area contributed by atoms with E-state index >= 15 is 0 Å². The molecule has 0 heterocycles. The fourth-order valence-corrected chi connectivity index (χ4v) is 1.82. The fraction of sp³-hybridized carbons (Fsp3) is 0.250. The van der Waals surface area contributed by atoms with E-state index in [1.54, 1.807) is 0 Å². The molecule has 0 aliphatic heterocycles. The second-order valence-electron chi connectivity index (χ2n) is 3.84. The molecular formula is C12H10ClNO4. The second-order valence-corrected chi connectivity index (χ2v) is 4.28. The molecule has 0 fully saturated rings. The normalized spacial score (nSPS) is 10.7. The molecule has 1 aromatic carbocycles. The van der Waals surface area contributed by atoms with Crippen LogP contribution in [0.4, 0.5) is 0 Å². The zero-order chi connectivity index (χ0) is 13.8. The molecule has 0 radical (unpaired) electrons. The third-order valence-electron chi connectivity index (χ3n) is 2.52. The molecule has 94 valence electrons. The van der Waals surface area contributed by atoms with Crippen molar-refractivity contribution in [1.82, 2.24) is 0 Å². The van der Waals surface area contributed by atoms with E-state index in [0.29, 0.717) is 10.6 Å². The summed E-state index contributed by atoms with van der Waals surface area (Å²) in [6, 6.07) is 7.73. The van der Waals surface area contributed by atoms with Crippen molar-refractivity contribution in [2.45, 2.75) is 18.3 Å². The lowest BCUT2D eigenvalue weighted by atomic mass is 9.76. The molecule has 0 atom stereocenters. The summed E-state index contributed by atoms with van der Waals surface area (Å²) in [6.07, 6.45) is -1.14. The Labute approximate surface area is 108 Å². The molecule has 18 heavy (non-hydrogen) atoms. The number of nitriles is 1. The second kappa shape index (κ2) is 5.52. The van der Waals surface area contributed by atoms with E-state index in [9.17, 15) is 14.9 Å². The lowest BCUT2D eigenvalue weighted by molar-refractivity contribution is -0.140. The zero-order valence-corrected chi connectivity index (χ0v) is 10.0. The van der Waals surface area contributed by atoms with Crippen LogP contribution >= 0.6 is 11.6 Å². The molecule has 0 spiro atoms. The number of carboxylic acids is 2. The number of carboxylic acid groups (broad SMARTS) is 2. The van der Waals surface area contributed by atoms with Gasteiger partial charge in [0.25, 0.3) is 0 Å². The number of rotatable bonds is 5. The van der Waals surface area contributed by atoms with Crippen LogP contribution in [0.25, 0.3) is 0 Å². The molecule has 0 aliphatic rings. The Hall–Kier alpha value is -2.06. The minimum Gasteiger partial charge on any atom is -0.481 e. The van der Waals surface area contributed by atoms with Crippen molar-refractivity contribution in [2.24, 2.45) is 0 Å². The van der Waals surface area contributed by atoms with Gasteiger partial charge in [-0.3, -0.25) is 9.59 Å². The first kappa shape index (κ1) is 14.0. The Kier molecular flexibility index (Phi) is 4.29. The SMILES string of the molecule is N#CC(CC(=O)O)(CC(=O)O)c1ccc(Cl)cc1. The van der Waals surface area contributed by atoms with E-state index in [2.05, 4.69) is 0 Å². The molecule has 0 unspecified atom stereocenters. The Morgan fingerprint density at radius 3 is 1.94 bits per heavy atom. The van der Waals surface area contributed by atoms with Gasteiger partial charge in [0.15, 0.2) is 0 Å². The summed E-state index contributed by atoms with van der Waals surface area (Å²) in [7, 11) is 0. The van der Waals surface area contributed by atoms with Crippen molar-refractivity contribution in [3.05, 3.63) is 34.9 Å². The van der Waals surface area contributed by atoms with Crippen molar-refractivity contribution in [3.63, 3.8) is 0 Å². The van der Waals surface area contributed by atoms with Crippen molar-refractivity contribution < 1.29 is 19.8 Å². The molecule has 1 rings (SSSR count). The first-order valence-electron chi connectivity index (χ1n) is 5.00. The number of hydrogen-bond donors (Lipinski definition) is 2. The molecule has 6 heteroatoms. The van der Waals surface area contributed by atoms with Crippen LogP contribution in [0.3, 0.4) is 0 Å². The van der Waals surface area contributed by atoms with Crippen LogP contribution in [0, 0.1) is 11.3 Å². The lowest BCUT2D eigenvalue weighted by Gasteiger charge is -2.23. The molecule has 0 amide bonds. The highest BCUT2D eigenvalue weighted by Crippen LogP contribution is 2.32. The van der Waals surface area contributed by atoms with Crippen LogP contribution in [0.2, 0.25) is 5.02 Å². The third-order valence-corrected chi connectivity index (χ3v) is 2.77. The molecule has 0 aromatic heterocycles. The predicted molar refractivity (Wildman–Crippen MR) is 63.2 cm³/mol. The van der Waals surface area contributed by atoms with Crippen LogP contribution in [-0.4, -0.2) is 22.2 Å². The average Bonchev–Trinajstić information content (AvgIpc) is 2.27. The Morgan fingerprint density at radius 2 is 1.61 bits per heavy atom. The summed E-state index contributed by atoms with van der Waals surface area (Å²) in [6.45, 7) is 0. The van der Waals surface area contributed by atoms with Crippen LogP contribution < -0.4 is 0 Å². The van der Waals surface area contributed by atoms with Crippen molar-refractivity contribution in [3.8, 4) is 6.07 Å². The third kappa shape index (κ3) is 3.22. The van der Waals surface area contributed by atoms with Crippen molar-refractivity contribution >= 4 is 23.5 Å². The van der Waals surface area contributed by atoms with Crippen molar-refractivity contribution in [1.29, 1.82) is 5.26 Å². The Bertz CT molecular complexity index is 488. The molecule has 1 aromatic rings. The smallest absolute Gasteiger partial charge is 0.305 e. The maximum absolute atomic E-state index is 10.8. The number of aliphatic carboxylic acids is 2. The quantitative estimate of drug-likeness (QED) is 0.851. The van der Waals surface area contributed by atoms with Gasteiger partial charge in [0.1, 0.15) is 5.41 Å². The molecule has 2 N–H and O–H groups in total. The maximum Gasteiger partial charge on any atom is 0.305 e. The summed E-state index contributed by atoms with van der Waals surface area (Å²) in [5.41, 5.74) is -1.25. The molecule has 0 saturated carbocycles. The van der Waals surface area contributed by atoms with E-state index in [1.807, 2.05) is 6.07 Å². The standard InChI is InChI=1S/C12H10ClNO4/c13-9-3-1-8(2-4-9)12(7-14,5-10(15)16)6-11(17)18/h1-4H,5-6H2,(H,15,16)(H,17,18). The number of halogens is 1. The largest absolute Gasteiger partial charge is 0.481 e. The highest BCUT2D eigenvalue weighted by molar-refractivity contribution is 6.30. The van der Waals surface area contributed by atoms with Gasteiger partial charge in [0.05, 0.1) is 18.9 Å². The minimum atomic E-state index is -1.58. The van der Waals surface area contributed by atoms with E-state index in [1.165, 1.54) is 24.3 Å². The van der Waals surface area contributed by atoms with Crippen molar-refractivity contribution in [2.75, 3.05) is 0 Å². The molecular weight excluding hydrogens is 258 g/mol. The van der Waals surface area contributed by atoms with E-state index < -0.39 is 30.2 Å². The van der Waals surface area contributed by atoms with Crippen LogP contribution in [0.1, 0.15) is 18.4 Å². The number of carbonyl (C=O) groups is 2. The minimum absolute atomic E-state index is 0.333. The summed E-state index contributed by atoms with van der Waals surface area (Å²) in [5.74, 6) is -2.46. The first-order chi connectivity index (χ1) is 8.39. The Morgan fingerprint density at radius 1 is 1.17 bits per heavy atom. The van der Waals surface area contributed by atoms with Crippen LogP contribution in [-0.2, 0) is 15.0 Å². The van der Waals surface area contributed by atoms with Gasteiger partial charge in [-0.15, -0.1) is 0 Å². The molecule has 0 aliphatic carbocycles. The van der Waals surface area contributed by atoms with E-state index in [-0.39, 0.29) is 0 Å². The van der Waals surface area contributed by atoms with Gasteiger partial charge < -0.3 is 10.2 Å². The van der Waals surface area contributed by atoms with Gasteiger partial charge in [0, 0.05) is 5.02 Å². The lowest BCUT2D eigenvalue weighted by Crippen LogP contribution is -2.30. The average molecular weight is 268 g/mol. The fourth-order valence-electron chi connectivity index (χ4n) is 1.70. The van der Waals surface area contributed by atoms with Gasteiger partial charge in [-0.05, 0) is 17.7 Å². The Balaban J connectivity index is 3.25. The summed E-state index contributed by atoms with van der Waals surface area (Å²) in [4.78, 5) is 21.7. The summed E-state index contributed by atoms with van der Waals surface area (Å²) < 4.78 is 0. The monoisotopic (exact) mass is 267 g/mol. The van der Waals surface area contributed by atoms with Crippen LogP contribution in [0.5, 0.6) is 0 Å². The molecule has 0 bridgehead atoms. The number of hydrogen-bond acceptors (Lipinski definition) is 3. The molecule has 0 saturated heterocycles. The van der Waals surface area contributed by atoms with E-state index in [0.717, 1.165) is 0 Å². The highest BCUT2D eigenvalue weighted by atomic mass is 35.5. The van der Waals surface area contributed by atoms with E-state index in [4.69, 9.17) is 21.8 Å².